The molecule has 1 fully saturated rings. The fourth-order valence-corrected chi connectivity index (χ4v) is 5.57. The van der Waals surface area contributed by atoms with Gasteiger partial charge < -0.3 is 14.2 Å². The standard InChI is InChI=1S/C27H45B2FN2O3S/c1-17-21(22(17)36-23(31-13)32(28(10)11)24(33)34-26(5,6)7)19-16-18(14-15-20(19)30)29(12)35-27(8,9)25(2,3)4/h14-17,21-22H,1-13H3. The molecular formula is C27H45B2FN2O3S. The molecule has 3 unspecified atom stereocenters. The van der Waals surface area contributed by atoms with Crippen LogP contribution in [0.15, 0.2) is 23.2 Å². The zero-order chi connectivity index (χ0) is 27.8. The minimum absolute atomic E-state index is 0.0298. The molecule has 1 aliphatic carbocycles. The second-order valence-corrected chi connectivity index (χ2v) is 13.9. The number of hydrogen-bond donors (Lipinski definition) is 0. The van der Waals surface area contributed by atoms with Crippen LogP contribution in [0.4, 0.5) is 9.18 Å². The molecule has 1 aromatic rings. The van der Waals surface area contributed by atoms with Gasteiger partial charge in [0.15, 0.2) is 5.17 Å². The molecule has 0 saturated heterocycles. The summed E-state index contributed by atoms with van der Waals surface area (Å²) in [5.41, 5.74) is 0.676. The van der Waals surface area contributed by atoms with Gasteiger partial charge in [0.2, 0.25) is 0 Å². The van der Waals surface area contributed by atoms with Crippen LogP contribution in [0.5, 0.6) is 0 Å². The maximum Gasteiger partial charge on any atom is 0.403 e. The van der Waals surface area contributed by atoms with Crippen LogP contribution < -0.4 is 5.46 Å². The monoisotopic (exact) mass is 518 g/mol. The number of amidine groups is 1. The van der Waals surface area contributed by atoms with Gasteiger partial charge in [0.1, 0.15) is 11.4 Å². The number of nitrogens with zero attached hydrogens (tertiary/aromatic N) is 2. The molecule has 0 spiro atoms. The van der Waals surface area contributed by atoms with Crippen molar-refractivity contribution in [3.05, 3.63) is 29.6 Å². The molecule has 1 aliphatic rings. The molecule has 5 nitrogen and oxygen atoms in total. The first-order chi connectivity index (χ1) is 16.3. The van der Waals surface area contributed by atoms with Crippen molar-refractivity contribution in [1.82, 2.24) is 4.81 Å². The number of rotatable bonds is 6. The van der Waals surface area contributed by atoms with Crippen LogP contribution in [-0.4, -0.2) is 53.3 Å². The van der Waals surface area contributed by atoms with Crippen molar-refractivity contribution in [3.63, 3.8) is 0 Å². The van der Waals surface area contributed by atoms with E-state index in [9.17, 15) is 4.79 Å². The first-order valence-electron chi connectivity index (χ1n) is 12.9. The van der Waals surface area contributed by atoms with Crippen LogP contribution in [0.25, 0.3) is 0 Å². The Labute approximate surface area is 223 Å². The highest BCUT2D eigenvalue weighted by Crippen LogP contribution is 2.56. The number of thioether (sulfide) groups is 1. The lowest BCUT2D eigenvalue weighted by molar-refractivity contribution is 0.000443. The van der Waals surface area contributed by atoms with Crippen molar-refractivity contribution in [2.45, 2.75) is 105 Å². The number of ether oxygens (including phenoxy) is 1. The number of hydrogen-bond acceptors (Lipinski definition) is 5. The van der Waals surface area contributed by atoms with Gasteiger partial charge in [-0.05, 0) is 63.0 Å². The van der Waals surface area contributed by atoms with Crippen LogP contribution in [0.1, 0.15) is 73.8 Å². The molecule has 36 heavy (non-hydrogen) atoms. The third-order valence-electron chi connectivity index (χ3n) is 7.17. The second-order valence-electron chi connectivity index (χ2n) is 12.7. The van der Waals surface area contributed by atoms with E-state index in [0.717, 1.165) is 5.46 Å². The summed E-state index contributed by atoms with van der Waals surface area (Å²) >= 11 is 1.53. The zero-order valence-electron chi connectivity index (χ0n) is 24.5. The van der Waals surface area contributed by atoms with Crippen molar-refractivity contribution in [2.24, 2.45) is 16.3 Å². The predicted octanol–water partition coefficient (Wildman–Crippen LogP) is 6.80. The Morgan fingerprint density at radius 1 is 1.08 bits per heavy atom. The van der Waals surface area contributed by atoms with E-state index in [4.69, 9.17) is 9.39 Å². The van der Waals surface area contributed by atoms with E-state index in [1.165, 1.54) is 11.8 Å². The molecule has 1 amide bonds. The zero-order valence-corrected chi connectivity index (χ0v) is 25.3. The number of carbonyl (C=O) groups excluding carboxylic acids is 1. The van der Waals surface area contributed by atoms with E-state index in [2.05, 4.69) is 46.5 Å². The third kappa shape index (κ3) is 7.31. The van der Waals surface area contributed by atoms with Crippen LogP contribution in [-0.2, 0) is 9.39 Å². The fraction of sp³-hybridized carbons (Fsp3) is 0.704. The van der Waals surface area contributed by atoms with Crippen LogP contribution >= 0.6 is 11.8 Å². The Hall–Kier alpha value is -1.47. The Morgan fingerprint density at radius 2 is 1.67 bits per heavy atom. The molecule has 0 aromatic heterocycles. The first kappa shape index (κ1) is 30.8. The highest BCUT2D eigenvalue weighted by molar-refractivity contribution is 8.14. The molecule has 0 radical (unpaired) electrons. The maximum absolute atomic E-state index is 15.1. The quantitative estimate of drug-likeness (QED) is 0.236. The third-order valence-corrected chi connectivity index (χ3v) is 8.75. The van der Waals surface area contributed by atoms with Crippen LogP contribution in [0.3, 0.4) is 0 Å². The summed E-state index contributed by atoms with van der Waals surface area (Å²) in [6.45, 7) is 24.0. The molecule has 200 valence electrons. The van der Waals surface area contributed by atoms with Gasteiger partial charge in [0.25, 0.3) is 6.85 Å². The normalized spacial score (nSPS) is 20.7. The van der Waals surface area contributed by atoms with Crippen molar-refractivity contribution in [2.75, 3.05) is 7.05 Å². The SMILES string of the molecule is CN=C(SC1C(C)C1c1cc(B(C)OC(C)(C)C(C)(C)C)ccc1F)N(B(C)C)C(=O)OC(C)(C)C. The molecule has 0 heterocycles. The van der Waals surface area contributed by atoms with E-state index < -0.39 is 11.7 Å². The van der Waals surface area contributed by atoms with E-state index in [1.807, 2.05) is 53.4 Å². The smallest absolute Gasteiger partial charge is 0.403 e. The Kier molecular flexibility index (Phi) is 9.48. The van der Waals surface area contributed by atoms with Gasteiger partial charge in [-0.15, -0.1) is 0 Å². The molecule has 1 aromatic carbocycles. The number of amides is 1. The lowest BCUT2D eigenvalue weighted by Gasteiger charge is -2.41. The molecule has 0 aliphatic heterocycles. The lowest BCUT2D eigenvalue weighted by Crippen LogP contribution is -2.47. The van der Waals surface area contributed by atoms with E-state index in [0.29, 0.717) is 10.7 Å². The van der Waals surface area contributed by atoms with Crippen molar-refractivity contribution < 1.29 is 18.6 Å². The van der Waals surface area contributed by atoms with Crippen LogP contribution in [0.2, 0.25) is 20.5 Å². The summed E-state index contributed by atoms with van der Waals surface area (Å²) in [5, 5.41) is 0.707. The number of aliphatic imine (C=N–C) groups is 1. The molecular weight excluding hydrogens is 473 g/mol. The van der Waals surface area contributed by atoms with E-state index >= 15 is 4.39 Å². The predicted molar refractivity (Wildman–Crippen MR) is 154 cm³/mol. The van der Waals surface area contributed by atoms with Crippen molar-refractivity contribution in [1.29, 1.82) is 0 Å². The average molecular weight is 518 g/mol. The number of carbonyl (C=O) groups is 1. The van der Waals surface area contributed by atoms with Gasteiger partial charge in [-0.25, -0.2) is 9.18 Å². The minimum atomic E-state index is -0.604. The van der Waals surface area contributed by atoms with Gasteiger partial charge in [-0.2, -0.15) is 0 Å². The Bertz CT molecular complexity index is 973. The first-order valence-corrected chi connectivity index (χ1v) is 13.8. The van der Waals surface area contributed by atoms with Gasteiger partial charge in [-0.1, -0.05) is 72.1 Å². The molecule has 0 bridgehead atoms. The lowest BCUT2D eigenvalue weighted by atomic mass is 9.61. The number of halogens is 1. The summed E-state index contributed by atoms with van der Waals surface area (Å²) in [6, 6.07) is 5.33. The molecule has 1 saturated carbocycles. The Morgan fingerprint density at radius 3 is 2.14 bits per heavy atom. The summed E-state index contributed by atoms with van der Waals surface area (Å²) in [5.74, 6) is 0.0670. The summed E-state index contributed by atoms with van der Waals surface area (Å²) in [6.07, 6.45) is -0.420. The van der Waals surface area contributed by atoms with E-state index in [1.54, 1.807) is 17.9 Å². The minimum Gasteiger partial charge on any atom is -0.444 e. The van der Waals surface area contributed by atoms with Crippen LogP contribution in [0, 0.1) is 17.2 Å². The van der Waals surface area contributed by atoms with Crippen molar-refractivity contribution in [3.8, 4) is 0 Å². The maximum atomic E-state index is 15.1. The highest BCUT2D eigenvalue weighted by Gasteiger charge is 2.51. The molecule has 9 heteroatoms. The average Bonchev–Trinajstić information content (AvgIpc) is 3.33. The second kappa shape index (κ2) is 11.1. The largest absolute Gasteiger partial charge is 0.444 e. The summed E-state index contributed by atoms with van der Waals surface area (Å²) < 4.78 is 27.1. The van der Waals surface area contributed by atoms with Gasteiger partial charge >= 0.3 is 13.0 Å². The van der Waals surface area contributed by atoms with Gasteiger partial charge in [-0.3, -0.25) is 4.99 Å². The molecule has 3 atom stereocenters. The van der Waals surface area contributed by atoms with Gasteiger partial charge in [0, 0.05) is 18.2 Å². The number of benzene rings is 1. The summed E-state index contributed by atoms with van der Waals surface area (Å²) in [4.78, 5) is 18.9. The fourth-order valence-electron chi connectivity index (χ4n) is 3.98. The highest BCUT2D eigenvalue weighted by atomic mass is 32.2. The Balaban J connectivity index is 2.24. The summed E-state index contributed by atoms with van der Waals surface area (Å²) in [7, 11) is 1.68. The van der Waals surface area contributed by atoms with Crippen molar-refractivity contribution >= 4 is 42.2 Å². The van der Waals surface area contributed by atoms with E-state index in [-0.39, 0.29) is 47.7 Å². The van der Waals surface area contributed by atoms with Gasteiger partial charge in [0.05, 0.1) is 5.60 Å². The topological polar surface area (TPSA) is 51.1 Å². The molecule has 2 rings (SSSR count). The molecule has 0 N–H and O–H groups in total.